The first-order chi connectivity index (χ1) is 9.99. The molecule has 0 amide bonds. The normalized spacial score (nSPS) is 16.8. The number of nitrogens with zero attached hydrogens (tertiary/aromatic N) is 1. The number of carboxylic acids is 1. The Bertz CT molecular complexity index is 529. The molecule has 0 aliphatic carbocycles. The van der Waals surface area contributed by atoms with Gasteiger partial charge in [0.15, 0.2) is 0 Å². The van der Waals surface area contributed by atoms with Crippen molar-refractivity contribution in [1.82, 2.24) is 4.90 Å². The second-order valence-corrected chi connectivity index (χ2v) is 5.41. The van der Waals surface area contributed by atoms with E-state index in [1.54, 1.807) is 6.08 Å². The van der Waals surface area contributed by atoms with E-state index in [-0.39, 0.29) is 12.0 Å². The maximum atomic E-state index is 10.7. The van der Waals surface area contributed by atoms with Crippen molar-refractivity contribution in [3.05, 3.63) is 54.6 Å². The van der Waals surface area contributed by atoms with Gasteiger partial charge < -0.3 is 9.84 Å². The van der Waals surface area contributed by atoms with Gasteiger partial charge in [0.1, 0.15) is 11.9 Å². The Hall–Kier alpha value is -2.07. The van der Waals surface area contributed by atoms with Gasteiger partial charge in [-0.25, -0.2) is 0 Å². The monoisotopic (exact) mass is 287 g/mol. The van der Waals surface area contributed by atoms with Crippen molar-refractivity contribution in [3.8, 4) is 5.75 Å². The third-order valence-electron chi connectivity index (χ3n) is 3.73. The van der Waals surface area contributed by atoms with Gasteiger partial charge in [0.05, 0.1) is 5.92 Å². The number of hydrogen-bond acceptors (Lipinski definition) is 3. The fourth-order valence-corrected chi connectivity index (χ4v) is 2.23. The molecule has 21 heavy (non-hydrogen) atoms. The topological polar surface area (TPSA) is 49.8 Å². The number of ether oxygens (including phenoxy) is 1. The number of rotatable bonds is 7. The highest BCUT2D eigenvalue weighted by Gasteiger charge is 2.32. The first-order valence-corrected chi connectivity index (χ1v) is 7.01. The summed E-state index contributed by atoms with van der Waals surface area (Å²) in [4.78, 5) is 12.9. The van der Waals surface area contributed by atoms with Crippen molar-refractivity contribution in [2.75, 3.05) is 13.1 Å². The fourth-order valence-electron chi connectivity index (χ4n) is 2.23. The summed E-state index contributed by atoms with van der Waals surface area (Å²) in [6, 6.07) is 7.87. The predicted octanol–water partition coefficient (Wildman–Crippen LogP) is 2.71. The van der Waals surface area contributed by atoms with E-state index in [9.17, 15) is 4.79 Å². The van der Waals surface area contributed by atoms with Crippen LogP contribution in [0.4, 0.5) is 0 Å². The summed E-state index contributed by atoms with van der Waals surface area (Å²) >= 11 is 0. The van der Waals surface area contributed by atoms with Crippen LogP contribution in [-0.4, -0.2) is 35.2 Å². The van der Waals surface area contributed by atoms with Crippen LogP contribution in [0.3, 0.4) is 0 Å². The van der Waals surface area contributed by atoms with Crippen molar-refractivity contribution in [2.45, 2.75) is 19.6 Å². The maximum Gasteiger partial charge on any atom is 0.309 e. The molecule has 0 bridgehead atoms. The van der Waals surface area contributed by atoms with Crippen LogP contribution in [0, 0.1) is 5.92 Å². The molecule has 1 aromatic rings. The van der Waals surface area contributed by atoms with E-state index >= 15 is 0 Å². The van der Waals surface area contributed by atoms with E-state index in [0.717, 1.165) is 23.4 Å². The zero-order valence-electron chi connectivity index (χ0n) is 12.3. The summed E-state index contributed by atoms with van der Waals surface area (Å²) in [5.74, 6) is -0.119. The van der Waals surface area contributed by atoms with Crippen LogP contribution in [-0.2, 0) is 11.3 Å². The molecule has 1 aromatic carbocycles. The molecule has 2 rings (SSSR count). The Morgan fingerprint density at radius 2 is 2.10 bits per heavy atom. The van der Waals surface area contributed by atoms with Crippen LogP contribution in [0.1, 0.15) is 12.5 Å². The molecular formula is C17H21NO3. The first-order valence-electron chi connectivity index (χ1n) is 7.01. The number of carbonyl (C=O) groups is 1. The number of benzene rings is 1. The Labute approximate surface area is 125 Å². The molecule has 1 heterocycles. The molecule has 1 fully saturated rings. The Kier molecular flexibility index (Phi) is 4.81. The van der Waals surface area contributed by atoms with E-state index in [0.29, 0.717) is 13.1 Å². The molecule has 0 saturated carbocycles. The van der Waals surface area contributed by atoms with Crippen LogP contribution in [0.2, 0.25) is 0 Å². The Balaban J connectivity index is 1.84. The van der Waals surface area contributed by atoms with Crippen molar-refractivity contribution >= 4 is 5.97 Å². The van der Waals surface area contributed by atoms with Crippen LogP contribution in [0.5, 0.6) is 5.75 Å². The number of aliphatic carboxylic acids is 1. The van der Waals surface area contributed by atoms with Gasteiger partial charge in [-0.05, 0) is 30.2 Å². The minimum atomic E-state index is -0.702. The summed E-state index contributed by atoms with van der Waals surface area (Å²) in [6.07, 6.45) is 1.60. The van der Waals surface area contributed by atoms with E-state index in [4.69, 9.17) is 9.84 Å². The lowest BCUT2D eigenvalue weighted by molar-refractivity contribution is -0.147. The molecule has 112 valence electrons. The molecule has 1 atom stereocenters. The standard InChI is InChI=1S/C17H21NO3/c1-4-12(2)13(3)21-16-7-5-14(6-8-16)9-18-10-15(11-18)17(19)20/h4-8,13,15H,1-2,9-11H2,3H3,(H,19,20). The third kappa shape index (κ3) is 3.95. The fraction of sp³-hybridized carbons (Fsp3) is 0.353. The molecule has 4 heteroatoms. The summed E-state index contributed by atoms with van der Waals surface area (Å²) in [6.45, 7) is 11.5. The van der Waals surface area contributed by atoms with Crippen LogP contribution >= 0.6 is 0 Å². The van der Waals surface area contributed by atoms with Gasteiger partial charge in [0, 0.05) is 19.6 Å². The molecule has 1 saturated heterocycles. The molecule has 1 unspecified atom stereocenters. The van der Waals surface area contributed by atoms with Gasteiger partial charge in [-0.3, -0.25) is 9.69 Å². The summed E-state index contributed by atoms with van der Waals surface area (Å²) in [5, 5.41) is 8.85. The van der Waals surface area contributed by atoms with E-state index in [1.165, 1.54) is 0 Å². The quantitative estimate of drug-likeness (QED) is 0.783. The van der Waals surface area contributed by atoms with Gasteiger partial charge in [0.25, 0.3) is 0 Å². The van der Waals surface area contributed by atoms with Crippen LogP contribution in [0.25, 0.3) is 0 Å². The highest BCUT2D eigenvalue weighted by Crippen LogP contribution is 2.21. The Morgan fingerprint density at radius 3 is 2.62 bits per heavy atom. The average Bonchev–Trinajstić information content (AvgIpc) is 2.42. The maximum absolute atomic E-state index is 10.7. The predicted molar refractivity (Wildman–Crippen MR) is 82.3 cm³/mol. The highest BCUT2D eigenvalue weighted by molar-refractivity contribution is 5.71. The van der Waals surface area contributed by atoms with Crippen molar-refractivity contribution < 1.29 is 14.6 Å². The molecule has 0 radical (unpaired) electrons. The number of hydrogen-bond donors (Lipinski definition) is 1. The molecule has 0 spiro atoms. The second kappa shape index (κ2) is 6.59. The highest BCUT2D eigenvalue weighted by atomic mass is 16.5. The molecular weight excluding hydrogens is 266 g/mol. The lowest BCUT2D eigenvalue weighted by atomic mass is 10.00. The van der Waals surface area contributed by atoms with Gasteiger partial charge in [-0.1, -0.05) is 31.4 Å². The summed E-state index contributed by atoms with van der Waals surface area (Å²) < 4.78 is 5.75. The zero-order chi connectivity index (χ0) is 15.4. The lowest BCUT2D eigenvalue weighted by Crippen LogP contribution is -2.49. The number of likely N-dealkylation sites (tertiary alicyclic amines) is 1. The second-order valence-electron chi connectivity index (χ2n) is 5.41. The van der Waals surface area contributed by atoms with Crippen molar-refractivity contribution in [3.63, 3.8) is 0 Å². The van der Waals surface area contributed by atoms with Gasteiger partial charge >= 0.3 is 5.97 Å². The first kappa shape index (κ1) is 15.3. The minimum Gasteiger partial charge on any atom is -0.486 e. The largest absolute Gasteiger partial charge is 0.486 e. The van der Waals surface area contributed by atoms with Crippen LogP contribution in [0.15, 0.2) is 49.1 Å². The van der Waals surface area contributed by atoms with Gasteiger partial charge in [-0.2, -0.15) is 0 Å². The summed E-state index contributed by atoms with van der Waals surface area (Å²) in [5.41, 5.74) is 2.00. The third-order valence-corrected chi connectivity index (χ3v) is 3.73. The van der Waals surface area contributed by atoms with Crippen molar-refractivity contribution in [1.29, 1.82) is 0 Å². The molecule has 1 N–H and O–H groups in total. The zero-order valence-corrected chi connectivity index (χ0v) is 12.3. The molecule has 1 aliphatic heterocycles. The van der Waals surface area contributed by atoms with E-state index < -0.39 is 5.97 Å². The minimum absolute atomic E-state index is 0.0972. The van der Waals surface area contributed by atoms with E-state index in [1.807, 2.05) is 31.2 Å². The SMILES string of the molecule is C=CC(=C)C(C)Oc1ccc(CN2CC(C(=O)O)C2)cc1. The molecule has 1 aliphatic rings. The molecule has 4 nitrogen and oxygen atoms in total. The van der Waals surface area contributed by atoms with E-state index in [2.05, 4.69) is 18.1 Å². The number of carboxylic acid groups (broad SMARTS) is 1. The van der Waals surface area contributed by atoms with Crippen molar-refractivity contribution in [2.24, 2.45) is 5.92 Å². The smallest absolute Gasteiger partial charge is 0.309 e. The Morgan fingerprint density at radius 1 is 1.48 bits per heavy atom. The van der Waals surface area contributed by atoms with Gasteiger partial charge in [-0.15, -0.1) is 0 Å². The van der Waals surface area contributed by atoms with Gasteiger partial charge in [0.2, 0.25) is 0 Å². The molecule has 0 aromatic heterocycles. The summed E-state index contributed by atoms with van der Waals surface area (Å²) in [7, 11) is 0. The average molecular weight is 287 g/mol. The van der Waals surface area contributed by atoms with Crippen LogP contribution < -0.4 is 4.74 Å². The lowest BCUT2D eigenvalue weighted by Gasteiger charge is -2.36.